The molecule has 4 nitrogen and oxygen atoms in total. The van der Waals surface area contributed by atoms with Crippen molar-refractivity contribution in [2.45, 2.75) is 38.8 Å². The molecule has 0 saturated carbocycles. The van der Waals surface area contributed by atoms with Gasteiger partial charge in [0.05, 0.1) is 18.5 Å². The molecule has 1 N–H and O–H groups in total. The Balaban J connectivity index is 0.000000606. The molecule has 0 amide bonds. The highest BCUT2D eigenvalue weighted by Crippen LogP contribution is 2.22. The molecule has 1 aliphatic heterocycles. The molecule has 2 heterocycles. The van der Waals surface area contributed by atoms with E-state index in [1.807, 2.05) is 24.6 Å². The summed E-state index contributed by atoms with van der Waals surface area (Å²) in [4.78, 5) is 6.23. The number of hydrogen-bond donors (Lipinski definition) is 1. The van der Waals surface area contributed by atoms with Crippen LogP contribution in [-0.4, -0.2) is 45.3 Å². The maximum atomic E-state index is 10.3. The maximum absolute atomic E-state index is 10.3. The molecule has 2 rings (SSSR count). The van der Waals surface area contributed by atoms with Crippen LogP contribution in [0.25, 0.3) is 0 Å². The molecule has 0 aromatic carbocycles. The zero-order valence-corrected chi connectivity index (χ0v) is 10.6. The number of imidazole rings is 1. The summed E-state index contributed by atoms with van der Waals surface area (Å²) in [5, 5.41) is 10.3. The van der Waals surface area contributed by atoms with Crippen LogP contribution in [0.15, 0.2) is 18.7 Å². The van der Waals surface area contributed by atoms with Gasteiger partial charge in [0.25, 0.3) is 0 Å². The predicted octanol–water partition coefficient (Wildman–Crippen LogP) is 1.37. The Hall–Kier alpha value is -0.870. The summed E-state index contributed by atoms with van der Waals surface area (Å²) in [7, 11) is 2.09. The second kappa shape index (κ2) is 6.01. The molecule has 0 unspecified atom stereocenters. The lowest BCUT2D eigenvalue weighted by atomic mass is 9.91. The molecule has 1 aromatic rings. The van der Waals surface area contributed by atoms with Gasteiger partial charge in [-0.15, -0.1) is 0 Å². The van der Waals surface area contributed by atoms with E-state index < -0.39 is 5.60 Å². The third-order valence-electron chi connectivity index (χ3n) is 2.95. The first-order valence-corrected chi connectivity index (χ1v) is 6.05. The topological polar surface area (TPSA) is 41.3 Å². The van der Waals surface area contributed by atoms with E-state index in [9.17, 15) is 5.11 Å². The average molecular weight is 225 g/mol. The molecular weight excluding hydrogens is 202 g/mol. The van der Waals surface area contributed by atoms with E-state index in [0.717, 1.165) is 25.9 Å². The SMILES string of the molecule is CC.CN1CCC(O)(Cn2ccnc2)CC1. The molecular formula is C12H23N3O. The number of hydrogen-bond acceptors (Lipinski definition) is 3. The molecule has 0 bridgehead atoms. The van der Waals surface area contributed by atoms with Crippen molar-refractivity contribution < 1.29 is 5.11 Å². The van der Waals surface area contributed by atoms with Gasteiger partial charge in [-0.25, -0.2) is 4.98 Å². The molecule has 1 fully saturated rings. The average Bonchev–Trinajstić information content (AvgIpc) is 2.78. The Kier molecular flexibility index (Phi) is 4.96. The van der Waals surface area contributed by atoms with Crippen LogP contribution in [0.2, 0.25) is 0 Å². The van der Waals surface area contributed by atoms with E-state index in [2.05, 4.69) is 16.9 Å². The fourth-order valence-corrected chi connectivity index (χ4v) is 1.91. The van der Waals surface area contributed by atoms with Crippen molar-refractivity contribution in [2.24, 2.45) is 0 Å². The summed E-state index contributed by atoms with van der Waals surface area (Å²) in [6.45, 7) is 6.62. The second-order valence-electron chi connectivity index (χ2n) is 4.26. The Labute approximate surface area is 97.9 Å². The number of aromatic nitrogens is 2. The highest BCUT2D eigenvalue weighted by molar-refractivity contribution is 4.87. The fraction of sp³-hybridized carbons (Fsp3) is 0.750. The van der Waals surface area contributed by atoms with E-state index in [-0.39, 0.29) is 0 Å². The van der Waals surface area contributed by atoms with Crippen molar-refractivity contribution in [2.75, 3.05) is 20.1 Å². The smallest absolute Gasteiger partial charge is 0.0946 e. The molecule has 92 valence electrons. The summed E-state index contributed by atoms with van der Waals surface area (Å²) >= 11 is 0. The zero-order valence-electron chi connectivity index (χ0n) is 10.6. The van der Waals surface area contributed by atoms with Crippen LogP contribution in [-0.2, 0) is 6.54 Å². The van der Waals surface area contributed by atoms with Crippen LogP contribution in [0, 0.1) is 0 Å². The van der Waals surface area contributed by atoms with E-state index >= 15 is 0 Å². The van der Waals surface area contributed by atoms with E-state index in [0.29, 0.717) is 6.54 Å². The summed E-state index contributed by atoms with van der Waals surface area (Å²) in [5.41, 5.74) is -0.535. The number of nitrogens with zero attached hydrogens (tertiary/aromatic N) is 3. The van der Waals surface area contributed by atoms with Crippen molar-refractivity contribution in [3.8, 4) is 0 Å². The lowest BCUT2D eigenvalue weighted by molar-refractivity contribution is -0.0290. The lowest BCUT2D eigenvalue weighted by Crippen LogP contribution is -2.45. The largest absolute Gasteiger partial charge is 0.388 e. The highest BCUT2D eigenvalue weighted by Gasteiger charge is 2.31. The minimum absolute atomic E-state index is 0.535. The second-order valence-corrected chi connectivity index (χ2v) is 4.26. The van der Waals surface area contributed by atoms with Gasteiger partial charge < -0.3 is 14.6 Å². The minimum Gasteiger partial charge on any atom is -0.388 e. The van der Waals surface area contributed by atoms with E-state index in [1.165, 1.54) is 0 Å². The van der Waals surface area contributed by atoms with Gasteiger partial charge in [0.2, 0.25) is 0 Å². The quantitative estimate of drug-likeness (QED) is 0.826. The summed E-state index contributed by atoms with van der Waals surface area (Å²) in [6, 6.07) is 0. The van der Waals surface area contributed by atoms with Crippen molar-refractivity contribution >= 4 is 0 Å². The Morgan fingerprint density at radius 2 is 1.94 bits per heavy atom. The molecule has 16 heavy (non-hydrogen) atoms. The van der Waals surface area contributed by atoms with Gasteiger partial charge in [-0.3, -0.25) is 0 Å². The number of rotatable bonds is 2. The first-order chi connectivity index (χ1) is 7.68. The Bertz CT molecular complexity index is 276. The molecule has 1 saturated heterocycles. The summed E-state index contributed by atoms with van der Waals surface area (Å²) in [5.74, 6) is 0. The van der Waals surface area contributed by atoms with E-state index in [4.69, 9.17) is 0 Å². The number of piperidine rings is 1. The van der Waals surface area contributed by atoms with Gasteiger partial charge in [-0.2, -0.15) is 0 Å². The van der Waals surface area contributed by atoms with Crippen molar-refractivity contribution in [1.29, 1.82) is 0 Å². The van der Waals surface area contributed by atoms with Gasteiger partial charge in [0.15, 0.2) is 0 Å². The number of likely N-dealkylation sites (tertiary alicyclic amines) is 1. The van der Waals surface area contributed by atoms with Gasteiger partial charge in [0, 0.05) is 25.5 Å². The molecule has 0 atom stereocenters. The first-order valence-electron chi connectivity index (χ1n) is 6.05. The van der Waals surface area contributed by atoms with Crippen LogP contribution < -0.4 is 0 Å². The Morgan fingerprint density at radius 3 is 2.44 bits per heavy atom. The van der Waals surface area contributed by atoms with Crippen LogP contribution in [0.1, 0.15) is 26.7 Å². The third-order valence-corrected chi connectivity index (χ3v) is 2.95. The summed E-state index contributed by atoms with van der Waals surface area (Å²) < 4.78 is 1.95. The third kappa shape index (κ3) is 3.61. The molecule has 0 aliphatic carbocycles. The Morgan fingerprint density at radius 1 is 1.31 bits per heavy atom. The van der Waals surface area contributed by atoms with Crippen molar-refractivity contribution in [3.05, 3.63) is 18.7 Å². The summed E-state index contributed by atoms with van der Waals surface area (Å²) in [6.07, 6.45) is 7.11. The molecule has 0 spiro atoms. The molecule has 4 heteroatoms. The van der Waals surface area contributed by atoms with Crippen LogP contribution in [0.5, 0.6) is 0 Å². The van der Waals surface area contributed by atoms with Crippen molar-refractivity contribution in [3.63, 3.8) is 0 Å². The molecule has 1 aromatic heterocycles. The molecule has 1 aliphatic rings. The normalized spacial score (nSPS) is 20.0. The van der Waals surface area contributed by atoms with Gasteiger partial charge in [0.1, 0.15) is 0 Å². The standard InChI is InChI=1S/C10H17N3O.C2H6/c1-12-5-2-10(14,3-6-12)8-13-7-4-11-9-13;1-2/h4,7,9,14H,2-3,5-6,8H2,1H3;1-2H3. The monoisotopic (exact) mass is 225 g/mol. The minimum atomic E-state index is -0.535. The van der Waals surface area contributed by atoms with Crippen LogP contribution in [0.4, 0.5) is 0 Å². The van der Waals surface area contributed by atoms with Crippen LogP contribution >= 0.6 is 0 Å². The predicted molar refractivity (Wildman–Crippen MR) is 65.3 cm³/mol. The highest BCUT2D eigenvalue weighted by atomic mass is 16.3. The lowest BCUT2D eigenvalue weighted by Gasteiger charge is -2.36. The number of aliphatic hydroxyl groups is 1. The maximum Gasteiger partial charge on any atom is 0.0946 e. The zero-order chi connectivity index (χ0) is 12.0. The first kappa shape index (κ1) is 13.2. The van der Waals surface area contributed by atoms with E-state index in [1.54, 1.807) is 12.5 Å². The fourth-order valence-electron chi connectivity index (χ4n) is 1.91. The van der Waals surface area contributed by atoms with Gasteiger partial charge in [-0.05, 0) is 19.9 Å². The van der Waals surface area contributed by atoms with Crippen molar-refractivity contribution in [1.82, 2.24) is 14.5 Å². The van der Waals surface area contributed by atoms with Gasteiger partial charge >= 0.3 is 0 Å². The van der Waals surface area contributed by atoms with Crippen LogP contribution in [0.3, 0.4) is 0 Å². The molecule has 0 radical (unpaired) electrons. The van der Waals surface area contributed by atoms with Gasteiger partial charge in [-0.1, -0.05) is 13.8 Å².